The van der Waals surface area contributed by atoms with Crippen molar-refractivity contribution in [2.24, 2.45) is 5.41 Å². The van der Waals surface area contributed by atoms with Crippen LogP contribution in [0.3, 0.4) is 0 Å². The molecule has 2 rings (SSSR count). The minimum Gasteiger partial charge on any atom is -0.396 e. The highest BCUT2D eigenvalue weighted by atomic mass is 16.6. The first-order valence-corrected chi connectivity index (χ1v) is 4.99. The standard InChI is InChI=1S/C11H13NO3/c13-8-11(5-6-11)7-9-1-3-10(4-2-9)12(14)15/h1-4,13H,5-8H2. The van der Waals surface area contributed by atoms with Gasteiger partial charge >= 0.3 is 0 Å². The number of nitro benzene ring substituents is 1. The maximum atomic E-state index is 10.4. The zero-order valence-corrected chi connectivity index (χ0v) is 8.35. The molecular weight excluding hydrogens is 194 g/mol. The highest BCUT2D eigenvalue weighted by Gasteiger charge is 2.41. The van der Waals surface area contributed by atoms with E-state index in [1.54, 1.807) is 12.1 Å². The van der Waals surface area contributed by atoms with Crippen molar-refractivity contribution in [1.82, 2.24) is 0 Å². The Hall–Kier alpha value is -1.42. The van der Waals surface area contributed by atoms with Crippen LogP contribution in [0.25, 0.3) is 0 Å². The van der Waals surface area contributed by atoms with Gasteiger partial charge in [-0.15, -0.1) is 0 Å². The molecular formula is C11H13NO3. The molecule has 0 atom stereocenters. The van der Waals surface area contributed by atoms with Crippen LogP contribution >= 0.6 is 0 Å². The molecule has 0 radical (unpaired) electrons. The maximum absolute atomic E-state index is 10.4. The van der Waals surface area contributed by atoms with Gasteiger partial charge in [0, 0.05) is 18.7 Å². The van der Waals surface area contributed by atoms with Crippen LogP contribution in [-0.2, 0) is 6.42 Å². The summed E-state index contributed by atoms with van der Waals surface area (Å²) in [7, 11) is 0. The molecule has 0 aliphatic heterocycles. The molecule has 0 bridgehead atoms. The first-order valence-electron chi connectivity index (χ1n) is 4.99. The maximum Gasteiger partial charge on any atom is 0.269 e. The summed E-state index contributed by atoms with van der Waals surface area (Å²) >= 11 is 0. The van der Waals surface area contributed by atoms with E-state index in [0.717, 1.165) is 24.8 Å². The second-order valence-electron chi connectivity index (χ2n) is 4.26. The quantitative estimate of drug-likeness (QED) is 0.606. The van der Waals surface area contributed by atoms with E-state index in [1.165, 1.54) is 12.1 Å². The summed E-state index contributed by atoms with van der Waals surface area (Å²) in [5.41, 5.74) is 1.25. The Morgan fingerprint density at radius 2 is 1.93 bits per heavy atom. The number of nitrogens with zero attached hydrogens (tertiary/aromatic N) is 1. The van der Waals surface area contributed by atoms with Crippen LogP contribution < -0.4 is 0 Å². The van der Waals surface area contributed by atoms with Gasteiger partial charge in [-0.25, -0.2) is 0 Å². The van der Waals surface area contributed by atoms with Gasteiger partial charge in [0.15, 0.2) is 0 Å². The predicted octanol–water partition coefficient (Wildman–Crippen LogP) is 1.91. The molecule has 1 N–H and O–H groups in total. The number of hydrogen-bond acceptors (Lipinski definition) is 3. The van der Waals surface area contributed by atoms with Crippen molar-refractivity contribution in [2.45, 2.75) is 19.3 Å². The fourth-order valence-electron chi connectivity index (χ4n) is 1.74. The van der Waals surface area contributed by atoms with Gasteiger partial charge in [0.05, 0.1) is 4.92 Å². The van der Waals surface area contributed by atoms with E-state index in [4.69, 9.17) is 5.11 Å². The zero-order valence-electron chi connectivity index (χ0n) is 8.35. The lowest BCUT2D eigenvalue weighted by Crippen LogP contribution is -2.09. The molecule has 0 aromatic heterocycles. The number of hydrogen-bond donors (Lipinski definition) is 1. The van der Waals surface area contributed by atoms with E-state index in [1.807, 2.05) is 0 Å². The first-order chi connectivity index (χ1) is 7.15. The average molecular weight is 207 g/mol. The van der Waals surface area contributed by atoms with Gasteiger partial charge in [0.1, 0.15) is 0 Å². The molecule has 15 heavy (non-hydrogen) atoms. The topological polar surface area (TPSA) is 63.4 Å². The second-order valence-corrected chi connectivity index (χ2v) is 4.26. The van der Waals surface area contributed by atoms with Gasteiger partial charge in [0.25, 0.3) is 5.69 Å². The summed E-state index contributed by atoms with van der Waals surface area (Å²) < 4.78 is 0. The molecule has 0 spiro atoms. The minimum absolute atomic E-state index is 0.0656. The Labute approximate surface area is 87.7 Å². The van der Waals surface area contributed by atoms with Crippen LogP contribution in [0, 0.1) is 15.5 Å². The number of nitro groups is 1. The van der Waals surface area contributed by atoms with Crippen molar-refractivity contribution < 1.29 is 10.0 Å². The van der Waals surface area contributed by atoms with Crippen LogP contribution in [0.15, 0.2) is 24.3 Å². The fraction of sp³-hybridized carbons (Fsp3) is 0.455. The molecule has 1 fully saturated rings. The Morgan fingerprint density at radius 1 is 1.33 bits per heavy atom. The highest BCUT2D eigenvalue weighted by molar-refractivity contribution is 5.33. The van der Waals surface area contributed by atoms with Crippen molar-refractivity contribution >= 4 is 5.69 Å². The average Bonchev–Trinajstić information content (AvgIpc) is 2.99. The van der Waals surface area contributed by atoms with Crippen molar-refractivity contribution in [3.63, 3.8) is 0 Å². The molecule has 80 valence electrons. The molecule has 0 saturated heterocycles. The van der Waals surface area contributed by atoms with Gasteiger partial charge in [-0.05, 0) is 30.2 Å². The third-order valence-electron chi connectivity index (χ3n) is 3.02. The largest absolute Gasteiger partial charge is 0.396 e. The Balaban J connectivity index is 2.07. The number of benzene rings is 1. The second kappa shape index (κ2) is 3.62. The van der Waals surface area contributed by atoms with Gasteiger partial charge in [-0.2, -0.15) is 0 Å². The van der Waals surface area contributed by atoms with Crippen LogP contribution in [0.1, 0.15) is 18.4 Å². The third kappa shape index (κ3) is 2.15. The molecule has 1 saturated carbocycles. The molecule has 4 heteroatoms. The van der Waals surface area contributed by atoms with Gasteiger partial charge in [-0.1, -0.05) is 12.1 Å². The Bertz CT molecular complexity index is 368. The van der Waals surface area contributed by atoms with E-state index in [2.05, 4.69) is 0 Å². The van der Waals surface area contributed by atoms with Crippen LogP contribution in [0.2, 0.25) is 0 Å². The Morgan fingerprint density at radius 3 is 2.33 bits per heavy atom. The van der Waals surface area contributed by atoms with Crippen molar-refractivity contribution in [3.05, 3.63) is 39.9 Å². The molecule has 0 unspecified atom stereocenters. The summed E-state index contributed by atoms with van der Waals surface area (Å²) in [6.45, 7) is 0.212. The zero-order chi connectivity index (χ0) is 10.9. The predicted molar refractivity (Wildman–Crippen MR) is 55.6 cm³/mol. The molecule has 1 aliphatic carbocycles. The van der Waals surface area contributed by atoms with E-state index in [9.17, 15) is 10.1 Å². The molecule has 0 heterocycles. The van der Waals surface area contributed by atoms with Crippen molar-refractivity contribution in [3.8, 4) is 0 Å². The van der Waals surface area contributed by atoms with E-state index >= 15 is 0 Å². The van der Waals surface area contributed by atoms with Gasteiger partial charge in [-0.3, -0.25) is 10.1 Å². The number of aliphatic hydroxyl groups excluding tert-OH is 1. The normalized spacial score (nSPS) is 17.4. The first kappa shape index (κ1) is 10.1. The molecule has 1 aromatic rings. The number of non-ortho nitro benzene ring substituents is 1. The Kier molecular flexibility index (Phi) is 2.44. The molecule has 4 nitrogen and oxygen atoms in total. The highest BCUT2D eigenvalue weighted by Crippen LogP contribution is 2.47. The summed E-state index contributed by atoms with van der Waals surface area (Å²) in [5, 5.41) is 19.6. The summed E-state index contributed by atoms with van der Waals surface area (Å²) in [6.07, 6.45) is 2.93. The van der Waals surface area contributed by atoms with Crippen LogP contribution in [0.4, 0.5) is 5.69 Å². The monoisotopic (exact) mass is 207 g/mol. The van der Waals surface area contributed by atoms with E-state index < -0.39 is 4.92 Å². The molecule has 1 aromatic carbocycles. The van der Waals surface area contributed by atoms with E-state index in [-0.39, 0.29) is 17.7 Å². The molecule has 1 aliphatic rings. The fourth-order valence-corrected chi connectivity index (χ4v) is 1.74. The summed E-state index contributed by atoms with van der Waals surface area (Å²) in [6, 6.07) is 6.58. The summed E-state index contributed by atoms with van der Waals surface area (Å²) in [4.78, 5) is 10.0. The number of rotatable bonds is 4. The minimum atomic E-state index is -0.400. The summed E-state index contributed by atoms with van der Waals surface area (Å²) in [5.74, 6) is 0. The van der Waals surface area contributed by atoms with Crippen molar-refractivity contribution in [1.29, 1.82) is 0 Å². The number of aliphatic hydroxyl groups is 1. The third-order valence-corrected chi connectivity index (χ3v) is 3.02. The lowest BCUT2D eigenvalue weighted by molar-refractivity contribution is -0.384. The lowest BCUT2D eigenvalue weighted by Gasteiger charge is -2.10. The van der Waals surface area contributed by atoms with Gasteiger partial charge in [0.2, 0.25) is 0 Å². The van der Waals surface area contributed by atoms with Crippen LogP contribution in [0.5, 0.6) is 0 Å². The SMILES string of the molecule is O=[N+]([O-])c1ccc(CC2(CO)CC2)cc1. The van der Waals surface area contributed by atoms with E-state index in [0.29, 0.717) is 0 Å². The van der Waals surface area contributed by atoms with Crippen LogP contribution in [-0.4, -0.2) is 16.6 Å². The molecule has 0 amide bonds. The lowest BCUT2D eigenvalue weighted by atomic mass is 9.97. The van der Waals surface area contributed by atoms with Gasteiger partial charge < -0.3 is 5.11 Å². The smallest absolute Gasteiger partial charge is 0.269 e. The van der Waals surface area contributed by atoms with Crippen molar-refractivity contribution in [2.75, 3.05) is 6.61 Å².